The molecule has 2 N–H and O–H groups in total. The van der Waals surface area contributed by atoms with Gasteiger partial charge in [0.25, 0.3) is 5.91 Å². The molecule has 1 amide bonds. The van der Waals surface area contributed by atoms with Crippen molar-refractivity contribution in [3.05, 3.63) is 83.4 Å². The number of hydrogen-bond acceptors (Lipinski definition) is 6. The third-order valence-electron chi connectivity index (χ3n) is 5.29. The summed E-state index contributed by atoms with van der Waals surface area (Å²) in [5.74, 6) is -1.10. The molecule has 154 valence electrons. The number of amides is 1. The lowest BCUT2D eigenvalue weighted by atomic mass is 10.0. The average molecular weight is 414 g/mol. The summed E-state index contributed by atoms with van der Waals surface area (Å²) < 4.78 is 12.3. The molecule has 3 aromatic carbocycles. The molecule has 0 aliphatic carbocycles. The van der Waals surface area contributed by atoms with Crippen LogP contribution < -0.4 is 9.47 Å². The summed E-state index contributed by atoms with van der Waals surface area (Å²) in [6, 6.07) is 16.8. The number of carbonyl (C=O) groups is 1. The smallest absolute Gasteiger partial charge is 0.362 e. The topological polar surface area (TPSA) is 91.6 Å². The zero-order chi connectivity index (χ0) is 21.6. The van der Waals surface area contributed by atoms with Crippen LogP contribution in [0, 0.1) is 0 Å². The molecule has 2 heterocycles. The average Bonchev–Trinajstić information content (AvgIpc) is 2.78. The van der Waals surface area contributed by atoms with E-state index in [2.05, 4.69) is 4.99 Å². The van der Waals surface area contributed by atoms with Gasteiger partial charge in [0, 0.05) is 24.9 Å². The van der Waals surface area contributed by atoms with Gasteiger partial charge in [0.2, 0.25) is 0 Å². The highest BCUT2D eigenvalue weighted by Gasteiger charge is 2.48. The molecule has 1 atom stereocenters. The Kier molecular flexibility index (Phi) is 4.18. The summed E-state index contributed by atoms with van der Waals surface area (Å²) in [5.41, 5.74) is 1.77. The van der Waals surface area contributed by atoms with Crippen LogP contribution in [0.1, 0.15) is 21.5 Å². The second kappa shape index (κ2) is 6.91. The Bertz CT molecular complexity index is 1270. The van der Waals surface area contributed by atoms with Crippen molar-refractivity contribution in [3.63, 3.8) is 0 Å². The number of carbonyl (C=O) groups excluding carboxylic acids is 1. The highest BCUT2D eigenvalue weighted by molar-refractivity contribution is 5.98. The van der Waals surface area contributed by atoms with Gasteiger partial charge in [-0.3, -0.25) is 14.7 Å². The fourth-order valence-corrected chi connectivity index (χ4v) is 3.57. The molecule has 5 rings (SSSR count). The third kappa shape index (κ3) is 2.98. The molecule has 0 saturated carbocycles. The van der Waals surface area contributed by atoms with Crippen molar-refractivity contribution in [2.45, 2.75) is 5.91 Å². The summed E-state index contributed by atoms with van der Waals surface area (Å²) in [5, 5.41) is 20.5. The predicted molar refractivity (Wildman–Crippen MR) is 115 cm³/mol. The van der Waals surface area contributed by atoms with Crippen LogP contribution in [0.4, 0.5) is 5.69 Å². The van der Waals surface area contributed by atoms with Gasteiger partial charge >= 0.3 is 5.91 Å². The first-order valence-corrected chi connectivity index (χ1v) is 9.61. The van der Waals surface area contributed by atoms with Crippen LogP contribution in [0.25, 0.3) is 6.08 Å². The van der Waals surface area contributed by atoms with E-state index in [-0.39, 0.29) is 17.4 Å². The molecule has 1 unspecified atom stereocenters. The quantitative estimate of drug-likeness (QED) is 0.617. The van der Waals surface area contributed by atoms with E-state index < -0.39 is 5.91 Å². The van der Waals surface area contributed by atoms with Gasteiger partial charge in [-0.1, -0.05) is 24.3 Å². The molecule has 7 nitrogen and oxygen atoms in total. The fraction of sp³-hybridized carbons (Fsp3) is 0.0833. The second-order valence-corrected chi connectivity index (χ2v) is 7.19. The van der Waals surface area contributed by atoms with Crippen LogP contribution in [0.2, 0.25) is 0 Å². The molecule has 3 aromatic rings. The minimum atomic E-state index is -1.51. The van der Waals surface area contributed by atoms with Crippen molar-refractivity contribution in [1.29, 1.82) is 0 Å². The summed E-state index contributed by atoms with van der Waals surface area (Å²) in [6.07, 6.45) is 4.84. The normalized spacial score (nSPS) is 19.1. The number of phenolic OH excluding ortho intramolecular Hbond substituents is 2. The van der Waals surface area contributed by atoms with Gasteiger partial charge < -0.3 is 19.7 Å². The van der Waals surface area contributed by atoms with Crippen molar-refractivity contribution in [2.24, 2.45) is 4.99 Å². The molecule has 0 radical (unpaired) electrons. The molecule has 0 bridgehead atoms. The maximum atomic E-state index is 12.9. The van der Waals surface area contributed by atoms with Crippen LogP contribution in [0.15, 0.2) is 71.7 Å². The van der Waals surface area contributed by atoms with E-state index >= 15 is 0 Å². The Labute approximate surface area is 178 Å². The number of fused-ring (bicyclic) bond motifs is 2. The number of rotatable bonds is 2. The van der Waals surface area contributed by atoms with Crippen LogP contribution in [-0.2, 0) is 0 Å². The van der Waals surface area contributed by atoms with Crippen LogP contribution in [0.3, 0.4) is 0 Å². The first-order chi connectivity index (χ1) is 15.0. The van der Waals surface area contributed by atoms with Crippen molar-refractivity contribution in [3.8, 4) is 23.0 Å². The number of ether oxygens (including phenoxy) is 2. The number of phenols is 2. The van der Waals surface area contributed by atoms with Crippen LogP contribution >= 0.6 is 0 Å². The number of aliphatic imine (C=N–C) groups is 1. The number of nitrogens with zero attached hydrogens (tertiary/aromatic N) is 2. The Morgan fingerprint density at radius 3 is 2.58 bits per heavy atom. The highest BCUT2D eigenvalue weighted by atomic mass is 16.7. The zero-order valence-electron chi connectivity index (χ0n) is 16.5. The van der Waals surface area contributed by atoms with Crippen molar-refractivity contribution < 1.29 is 24.5 Å². The largest absolute Gasteiger partial charge is 0.507 e. The number of likely N-dealkylation sites (N-methyl/N-ethyl adjacent to an activating group) is 1. The van der Waals surface area contributed by atoms with Gasteiger partial charge in [0.15, 0.2) is 0 Å². The number of aromatic hydroxyl groups is 2. The van der Waals surface area contributed by atoms with E-state index in [1.54, 1.807) is 67.7 Å². The Balaban J connectivity index is 1.58. The van der Waals surface area contributed by atoms with Gasteiger partial charge in [0.05, 0.1) is 11.1 Å². The lowest BCUT2D eigenvalue weighted by molar-refractivity contribution is -0.166. The van der Waals surface area contributed by atoms with Gasteiger partial charge in [-0.2, -0.15) is 0 Å². The molecule has 1 spiro atoms. The summed E-state index contributed by atoms with van der Waals surface area (Å²) in [7, 11) is 1.59. The van der Waals surface area contributed by atoms with Gasteiger partial charge in [-0.15, -0.1) is 0 Å². The molecule has 0 fully saturated rings. The Hall–Kier alpha value is -4.26. The minimum Gasteiger partial charge on any atom is -0.507 e. The monoisotopic (exact) mass is 414 g/mol. The molecule has 0 aromatic heterocycles. The summed E-state index contributed by atoms with van der Waals surface area (Å²) >= 11 is 0. The van der Waals surface area contributed by atoms with E-state index in [0.717, 1.165) is 0 Å². The van der Waals surface area contributed by atoms with E-state index in [9.17, 15) is 15.0 Å². The number of hydrogen-bond donors (Lipinski definition) is 2. The maximum Gasteiger partial charge on any atom is 0.362 e. The number of para-hydroxylation sites is 3. The Morgan fingerprint density at radius 1 is 0.968 bits per heavy atom. The van der Waals surface area contributed by atoms with Crippen LogP contribution in [0.5, 0.6) is 23.0 Å². The van der Waals surface area contributed by atoms with E-state index in [1.807, 2.05) is 0 Å². The molecular weight excluding hydrogens is 396 g/mol. The lowest BCUT2D eigenvalue weighted by Gasteiger charge is -2.44. The number of benzene rings is 3. The highest BCUT2D eigenvalue weighted by Crippen LogP contribution is 2.42. The van der Waals surface area contributed by atoms with E-state index in [1.165, 1.54) is 23.2 Å². The Morgan fingerprint density at radius 2 is 1.74 bits per heavy atom. The zero-order valence-corrected chi connectivity index (χ0v) is 16.5. The van der Waals surface area contributed by atoms with Crippen molar-refractivity contribution in [2.75, 3.05) is 7.05 Å². The first-order valence-electron chi connectivity index (χ1n) is 9.61. The molecule has 31 heavy (non-hydrogen) atoms. The summed E-state index contributed by atoms with van der Waals surface area (Å²) in [6.45, 7) is 0. The van der Waals surface area contributed by atoms with Crippen molar-refractivity contribution in [1.82, 2.24) is 4.90 Å². The maximum absolute atomic E-state index is 12.9. The van der Waals surface area contributed by atoms with Gasteiger partial charge in [0.1, 0.15) is 28.7 Å². The minimum absolute atomic E-state index is 0.0119. The van der Waals surface area contributed by atoms with Crippen LogP contribution in [-0.4, -0.2) is 40.2 Å². The lowest BCUT2D eigenvalue weighted by Crippen LogP contribution is -2.60. The second-order valence-electron chi connectivity index (χ2n) is 7.19. The first kappa shape index (κ1) is 18.7. The van der Waals surface area contributed by atoms with Gasteiger partial charge in [-0.25, -0.2) is 0 Å². The molecule has 0 saturated heterocycles. The SMILES string of the molecule is CN1C(=O)c2ccccc2OC12C=Cc1ccc(O)c(C=Nc3ccccc3O)c1O2. The standard InChI is InChI=1S/C24H18N2O5/c1-26-23(29)16-6-2-5-9-21(16)30-24(26)13-12-15-10-11-19(27)17(22(15)31-24)14-25-18-7-3-4-8-20(18)28/h2-14,27-28H,1H3. The van der Waals surface area contributed by atoms with Gasteiger partial charge in [-0.05, 0) is 42.5 Å². The molecule has 7 heteroatoms. The van der Waals surface area contributed by atoms with E-state index in [0.29, 0.717) is 33.9 Å². The summed E-state index contributed by atoms with van der Waals surface area (Å²) in [4.78, 5) is 18.6. The van der Waals surface area contributed by atoms with E-state index in [4.69, 9.17) is 9.47 Å². The molecule has 2 aliphatic rings. The molecule has 2 aliphatic heterocycles. The van der Waals surface area contributed by atoms with Crippen molar-refractivity contribution >= 4 is 23.9 Å². The molecular formula is C24H18N2O5. The fourth-order valence-electron chi connectivity index (χ4n) is 3.57. The predicted octanol–water partition coefficient (Wildman–Crippen LogP) is 4.07. The third-order valence-corrected chi connectivity index (χ3v) is 5.29.